The first-order valence-electron chi connectivity index (χ1n) is 8.16. The van der Waals surface area contributed by atoms with Gasteiger partial charge in [-0.3, -0.25) is 14.5 Å². The number of anilines is 1. The molecule has 0 unspecified atom stereocenters. The lowest BCUT2D eigenvalue weighted by molar-refractivity contribution is -0.111. The maximum atomic E-state index is 12.2. The first-order valence-corrected chi connectivity index (χ1v) is 9.86. The number of thiophene rings is 2. The average Bonchev–Trinajstić information content (AvgIpc) is 3.19. The van der Waals surface area contributed by atoms with Gasteiger partial charge in [0.25, 0.3) is 5.91 Å². The SMILES string of the molecule is CC(C)N1CCc2c(sc(NC(=O)C=Cc3cccs3)c2C(N)=O)C1. The highest BCUT2D eigenvalue weighted by atomic mass is 32.1. The normalized spacial score (nSPS) is 14.8. The van der Waals surface area contributed by atoms with Crippen LogP contribution >= 0.6 is 22.7 Å². The summed E-state index contributed by atoms with van der Waals surface area (Å²) in [5.74, 6) is -0.733. The maximum absolute atomic E-state index is 12.2. The molecule has 7 heteroatoms. The maximum Gasteiger partial charge on any atom is 0.251 e. The minimum Gasteiger partial charge on any atom is -0.365 e. The summed E-state index contributed by atoms with van der Waals surface area (Å²) in [6.45, 7) is 6.00. The summed E-state index contributed by atoms with van der Waals surface area (Å²) < 4.78 is 0. The largest absolute Gasteiger partial charge is 0.365 e. The molecule has 0 radical (unpaired) electrons. The number of primary amides is 1. The van der Waals surface area contributed by atoms with E-state index in [0.717, 1.165) is 34.8 Å². The van der Waals surface area contributed by atoms with Crippen molar-refractivity contribution in [2.75, 3.05) is 11.9 Å². The van der Waals surface area contributed by atoms with E-state index in [1.54, 1.807) is 17.4 Å². The third-order valence-corrected chi connectivity index (χ3v) is 6.21. The van der Waals surface area contributed by atoms with Crippen LogP contribution in [-0.2, 0) is 17.8 Å². The Bertz CT molecular complexity index is 807. The van der Waals surface area contributed by atoms with Crippen LogP contribution in [0.3, 0.4) is 0 Å². The van der Waals surface area contributed by atoms with Crippen LogP contribution in [0.1, 0.15) is 39.5 Å². The second kappa shape index (κ2) is 7.51. The summed E-state index contributed by atoms with van der Waals surface area (Å²) in [5, 5.41) is 5.35. The van der Waals surface area contributed by atoms with E-state index in [-0.39, 0.29) is 5.91 Å². The molecule has 132 valence electrons. The Morgan fingerprint density at radius 2 is 2.20 bits per heavy atom. The Morgan fingerprint density at radius 3 is 2.84 bits per heavy atom. The van der Waals surface area contributed by atoms with Crippen LogP contribution in [0.5, 0.6) is 0 Å². The van der Waals surface area contributed by atoms with Gasteiger partial charge in [0.1, 0.15) is 5.00 Å². The minimum atomic E-state index is -0.479. The second-order valence-corrected chi connectivity index (χ2v) is 8.31. The number of hydrogen-bond acceptors (Lipinski definition) is 5. The van der Waals surface area contributed by atoms with Crippen molar-refractivity contribution in [2.24, 2.45) is 5.73 Å². The molecule has 3 heterocycles. The van der Waals surface area contributed by atoms with E-state index < -0.39 is 5.91 Å². The molecular weight excluding hydrogens is 354 g/mol. The van der Waals surface area contributed by atoms with Crippen LogP contribution in [0.2, 0.25) is 0 Å². The summed E-state index contributed by atoms with van der Waals surface area (Å²) >= 11 is 3.02. The molecule has 5 nitrogen and oxygen atoms in total. The summed E-state index contributed by atoms with van der Waals surface area (Å²) in [4.78, 5) is 28.6. The molecular formula is C18H21N3O2S2. The molecule has 0 fully saturated rings. The third kappa shape index (κ3) is 4.00. The van der Waals surface area contributed by atoms with E-state index >= 15 is 0 Å². The van der Waals surface area contributed by atoms with Crippen molar-refractivity contribution in [3.05, 3.63) is 44.5 Å². The van der Waals surface area contributed by atoms with Gasteiger partial charge in [0, 0.05) is 35.0 Å². The molecule has 2 aromatic heterocycles. The lowest BCUT2D eigenvalue weighted by Gasteiger charge is -2.30. The predicted molar refractivity (Wildman–Crippen MR) is 104 cm³/mol. The molecule has 3 rings (SSSR count). The van der Waals surface area contributed by atoms with Crippen LogP contribution < -0.4 is 11.1 Å². The number of nitrogens with two attached hydrogens (primary N) is 1. The van der Waals surface area contributed by atoms with Crippen molar-refractivity contribution in [3.63, 3.8) is 0 Å². The highest BCUT2D eigenvalue weighted by Crippen LogP contribution is 2.37. The average molecular weight is 376 g/mol. The molecule has 0 aromatic carbocycles. The lowest BCUT2D eigenvalue weighted by Crippen LogP contribution is -2.35. The van der Waals surface area contributed by atoms with Gasteiger partial charge in [-0.05, 0) is 43.4 Å². The first kappa shape index (κ1) is 17.8. The number of rotatable bonds is 5. The van der Waals surface area contributed by atoms with Crippen LogP contribution in [0.15, 0.2) is 23.6 Å². The molecule has 0 atom stereocenters. The van der Waals surface area contributed by atoms with Gasteiger partial charge in [-0.1, -0.05) is 6.07 Å². The van der Waals surface area contributed by atoms with Crippen molar-refractivity contribution < 1.29 is 9.59 Å². The summed E-state index contributed by atoms with van der Waals surface area (Å²) in [6.07, 6.45) is 4.02. The zero-order valence-corrected chi connectivity index (χ0v) is 15.9. The van der Waals surface area contributed by atoms with E-state index in [4.69, 9.17) is 5.73 Å². The molecule has 3 N–H and O–H groups in total. The van der Waals surface area contributed by atoms with Crippen molar-refractivity contribution in [1.82, 2.24) is 4.90 Å². The van der Waals surface area contributed by atoms with Gasteiger partial charge < -0.3 is 11.1 Å². The van der Waals surface area contributed by atoms with Crippen molar-refractivity contribution in [2.45, 2.75) is 32.9 Å². The topological polar surface area (TPSA) is 75.4 Å². The molecule has 1 aliphatic heterocycles. The molecule has 1 aliphatic rings. The molecule has 2 aromatic rings. The monoisotopic (exact) mass is 375 g/mol. The van der Waals surface area contributed by atoms with E-state index in [9.17, 15) is 9.59 Å². The zero-order chi connectivity index (χ0) is 18.0. The summed E-state index contributed by atoms with van der Waals surface area (Å²) in [7, 11) is 0. The van der Waals surface area contributed by atoms with E-state index in [1.165, 1.54) is 17.4 Å². The highest BCUT2D eigenvalue weighted by Gasteiger charge is 2.28. The van der Waals surface area contributed by atoms with Crippen LogP contribution in [0, 0.1) is 0 Å². The van der Waals surface area contributed by atoms with Gasteiger partial charge in [-0.2, -0.15) is 0 Å². The molecule has 25 heavy (non-hydrogen) atoms. The Morgan fingerprint density at radius 1 is 1.40 bits per heavy atom. The quantitative estimate of drug-likeness (QED) is 0.787. The Hall–Kier alpha value is -1.96. The predicted octanol–water partition coefficient (Wildman–Crippen LogP) is 3.33. The van der Waals surface area contributed by atoms with Gasteiger partial charge in [0.15, 0.2) is 0 Å². The number of nitrogens with one attached hydrogen (secondary N) is 1. The van der Waals surface area contributed by atoms with E-state index in [0.29, 0.717) is 16.6 Å². The van der Waals surface area contributed by atoms with Gasteiger partial charge in [0.2, 0.25) is 5.91 Å². The fourth-order valence-electron chi connectivity index (χ4n) is 2.91. The molecule has 0 bridgehead atoms. The number of carbonyl (C=O) groups is 2. The third-order valence-electron chi connectivity index (χ3n) is 4.24. The Kier molecular flexibility index (Phi) is 5.36. The van der Waals surface area contributed by atoms with E-state index in [1.807, 2.05) is 17.5 Å². The van der Waals surface area contributed by atoms with Gasteiger partial charge in [-0.25, -0.2) is 0 Å². The molecule has 0 aliphatic carbocycles. The number of amides is 2. The fraction of sp³-hybridized carbons (Fsp3) is 0.333. The molecule has 0 saturated heterocycles. The van der Waals surface area contributed by atoms with Gasteiger partial charge >= 0.3 is 0 Å². The van der Waals surface area contributed by atoms with Crippen molar-refractivity contribution in [3.8, 4) is 0 Å². The van der Waals surface area contributed by atoms with Gasteiger partial charge in [0.05, 0.1) is 5.56 Å². The molecule has 2 amide bonds. The van der Waals surface area contributed by atoms with Crippen molar-refractivity contribution in [1.29, 1.82) is 0 Å². The molecule has 0 saturated carbocycles. The summed E-state index contributed by atoms with van der Waals surface area (Å²) in [6, 6.07) is 4.31. The number of nitrogens with zero attached hydrogens (tertiary/aromatic N) is 1. The lowest BCUT2D eigenvalue weighted by atomic mass is 10.0. The van der Waals surface area contributed by atoms with E-state index in [2.05, 4.69) is 24.1 Å². The molecule has 0 spiro atoms. The Balaban J connectivity index is 1.81. The number of hydrogen-bond donors (Lipinski definition) is 2. The standard InChI is InChI=1S/C18H21N3O2S2/c1-11(2)21-8-7-13-14(10-21)25-18(16(13)17(19)23)20-15(22)6-5-12-4-3-9-24-12/h3-6,9,11H,7-8,10H2,1-2H3,(H2,19,23)(H,20,22). The Labute approximate surface area is 155 Å². The first-order chi connectivity index (χ1) is 12.0. The van der Waals surface area contributed by atoms with Crippen molar-refractivity contribution >= 4 is 45.6 Å². The highest BCUT2D eigenvalue weighted by molar-refractivity contribution is 7.17. The zero-order valence-electron chi connectivity index (χ0n) is 14.2. The smallest absolute Gasteiger partial charge is 0.251 e. The number of fused-ring (bicyclic) bond motifs is 1. The summed E-state index contributed by atoms with van der Waals surface area (Å²) in [5.41, 5.74) is 7.06. The fourth-order valence-corrected chi connectivity index (χ4v) is 4.81. The van der Waals surface area contributed by atoms with Crippen LogP contribution in [0.4, 0.5) is 5.00 Å². The number of carbonyl (C=O) groups excluding carboxylic acids is 2. The van der Waals surface area contributed by atoms with Crippen LogP contribution in [0.25, 0.3) is 6.08 Å². The minimum absolute atomic E-state index is 0.254. The second-order valence-electron chi connectivity index (χ2n) is 6.22. The van der Waals surface area contributed by atoms with Gasteiger partial charge in [-0.15, -0.1) is 22.7 Å². The van der Waals surface area contributed by atoms with Crippen LogP contribution in [-0.4, -0.2) is 29.3 Å².